The van der Waals surface area contributed by atoms with Gasteiger partial charge in [0.1, 0.15) is 12.6 Å². The van der Waals surface area contributed by atoms with Crippen molar-refractivity contribution in [1.82, 2.24) is 10.6 Å². The van der Waals surface area contributed by atoms with Crippen molar-refractivity contribution in [3.63, 3.8) is 0 Å². The van der Waals surface area contributed by atoms with E-state index in [0.29, 0.717) is 98.7 Å². The van der Waals surface area contributed by atoms with E-state index >= 15 is 0 Å². The van der Waals surface area contributed by atoms with Gasteiger partial charge in [0, 0.05) is 26.0 Å². The van der Waals surface area contributed by atoms with Crippen LogP contribution in [0, 0.1) is 0 Å². The molecule has 0 fully saturated rings. The predicted molar refractivity (Wildman–Crippen MR) is 188 cm³/mol. The van der Waals surface area contributed by atoms with Gasteiger partial charge in [-0.15, -0.1) is 0 Å². The lowest BCUT2D eigenvalue weighted by molar-refractivity contribution is -0.139. The molecule has 0 aromatic heterocycles. The third-order valence-electron chi connectivity index (χ3n) is 7.94. The molecule has 14 nitrogen and oxygen atoms in total. The molecule has 284 valence electrons. The number of hydrogen-bond acceptors (Lipinski definition) is 11. The second-order valence-electron chi connectivity index (χ2n) is 11.6. The number of rotatable bonds is 30. The van der Waals surface area contributed by atoms with Crippen molar-refractivity contribution < 1.29 is 57.4 Å². The minimum absolute atomic E-state index is 0.103. The number of carboxylic acids is 1. The Balaban J connectivity index is 1.10. The lowest BCUT2D eigenvalue weighted by atomic mass is 9.98. The van der Waals surface area contributed by atoms with Crippen molar-refractivity contribution in [3.8, 4) is 11.1 Å². The van der Waals surface area contributed by atoms with Crippen molar-refractivity contribution in [2.45, 2.75) is 37.6 Å². The van der Waals surface area contributed by atoms with Gasteiger partial charge in [0.2, 0.25) is 5.91 Å². The first kappa shape index (κ1) is 41.8. The first-order valence-electron chi connectivity index (χ1n) is 17.6. The smallest absolute Gasteiger partial charge is 0.407 e. The maximum Gasteiger partial charge on any atom is 0.407 e. The van der Waals surface area contributed by atoms with Gasteiger partial charge in [-0.05, 0) is 41.5 Å². The Labute approximate surface area is 300 Å². The molecule has 3 N–H and O–H groups in total. The van der Waals surface area contributed by atoms with Gasteiger partial charge in [-0.1, -0.05) is 48.5 Å². The number of carbonyl (C=O) groups excluding carboxylic acids is 2. The van der Waals surface area contributed by atoms with Crippen LogP contribution in [0.25, 0.3) is 11.1 Å². The lowest BCUT2D eigenvalue weighted by Crippen LogP contribution is -2.41. The Morgan fingerprint density at radius 1 is 0.667 bits per heavy atom. The Kier molecular flexibility index (Phi) is 21.5. The summed E-state index contributed by atoms with van der Waals surface area (Å²) in [6.45, 7) is 6.50. The second-order valence-corrected chi connectivity index (χ2v) is 11.6. The zero-order valence-electron chi connectivity index (χ0n) is 29.6. The monoisotopic (exact) mass is 718 g/mol. The topological polar surface area (TPSA) is 169 Å². The fraction of sp³-hybridized carbons (Fsp3) is 0.595. The van der Waals surface area contributed by atoms with Crippen LogP contribution in [0.4, 0.5) is 4.79 Å². The van der Waals surface area contributed by atoms with Crippen LogP contribution in [-0.2, 0) is 47.5 Å². The molecule has 3 rings (SSSR count). The molecule has 0 unspecified atom stereocenters. The average Bonchev–Trinajstić information content (AvgIpc) is 3.45. The van der Waals surface area contributed by atoms with Gasteiger partial charge < -0.3 is 53.6 Å². The van der Waals surface area contributed by atoms with Crippen LogP contribution in [0.1, 0.15) is 42.7 Å². The van der Waals surface area contributed by atoms with Crippen molar-refractivity contribution >= 4 is 18.0 Å². The summed E-state index contributed by atoms with van der Waals surface area (Å²) in [5, 5.41) is 14.9. The lowest BCUT2D eigenvalue weighted by Gasteiger charge is -2.17. The molecule has 1 aliphatic rings. The summed E-state index contributed by atoms with van der Waals surface area (Å²) in [5.41, 5.74) is 4.38. The van der Waals surface area contributed by atoms with Gasteiger partial charge in [0.15, 0.2) is 0 Å². The first-order valence-corrected chi connectivity index (χ1v) is 17.6. The van der Waals surface area contributed by atoms with Gasteiger partial charge in [0.25, 0.3) is 0 Å². The van der Waals surface area contributed by atoms with E-state index in [1.54, 1.807) is 7.11 Å². The molecule has 0 aliphatic heterocycles. The molecule has 51 heavy (non-hydrogen) atoms. The molecule has 2 amide bonds. The van der Waals surface area contributed by atoms with E-state index in [4.69, 9.17) is 37.9 Å². The summed E-state index contributed by atoms with van der Waals surface area (Å²) >= 11 is 0. The number of unbranched alkanes of at least 4 members (excludes halogenated alkanes) is 1. The average molecular weight is 719 g/mol. The standard InChI is InChI=1S/C37H54N2O12/c1-44-16-17-46-20-21-48-24-25-50-27-26-49-23-22-47-19-18-45-15-13-35(40)38-14-7-6-12-34(36(41)42)39-37(43)51-28-33-31-10-4-2-8-29(31)30-9-3-5-11-32(30)33/h2-5,8-11,33-34H,6-7,12-28H2,1H3,(H,38,40)(H,39,43)(H,41,42)/t34-/m0/s1. The van der Waals surface area contributed by atoms with Crippen molar-refractivity contribution in [3.05, 3.63) is 59.7 Å². The van der Waals surface area contributed by atoms with Gasteiger partial charge >= 0.3 is 12.1 Å². The number of amides is 2. The third-order valence-corrected chi connectivity index (χ3v) is 7.94. The molecule has 0 heterocycles. The van der Waals surface area contributed by atoms with Crippen molar-refractivity contribution in [1.29, 1.82) is 0 Å². The number of benzene rings is 2. The number of carboxylic acid groups (broad SMARTS) is 1. The highest BCUT2D eigenvalue weighted by Crippen LogP contribution is 2.44. The van der Waals surface area contributed by atoms with Crippen molar-refractivity contribution in [2.24, 2.45) is 0 Å². The van der Waals surface area contributed by atoms with Crippen LogP contribution < -0.4 is 10.6 Å². The number of fused-ring (bicyclic) bond motifs is 3. The van der Waals surface area contributed by atoms with Gasteiger partial charge in [-0.2, -0.15) is 0 Å². The zero-order valence-corrected chi connectivity index (χ0v) is 29.6. The van der Waals surface area contributed by atoms with Crippen LogP contribution in [0.5, 0.6) is 0 Å². The molecular formula is C37H54N2O12. The Bertz CT molecular complexity index is 1230. The Morgan fingerprint density at radius 2 is 1.14 bits per heavy atom. The molecule has 0 radical (unpaired) electrons. The number of hydrogen-bond donors (Lipinski definition) is 3. The van der Waals surface area contributed by atoms with Crippen LogP contribution >= 0.6 is 0 Å². The molecule has 1 aliphatic carbocycles. The number of alkyl carbamates (subject to hydrolysis) is 1. The molecule has 0 bridgehead atoms. The predicted octanol–water partition coefficient (Wildman–Crippen LogP) is 3.40. The van der Waals surface area contributed by atoms with E-state index in [1.165, 1.54) is 0 Å². The fourth-order valence-electron chi connectivity index (χ4n) is 5.34. The van der Waals surface area contributed by atoms with E-state index in [-0.39, 0.29) is 37.9 Å². The van der Waals surface area contributed by atoms with Crippen LogP contribution in [-0.4, -0.2) is 135 Å². The number of carbonyl (C=O) groups is 3. The van der Waals surface area contributed by atoms with E-state index in [1.807, 2.05) is 48.5 Å². The number of aliphatic carboxylic acids is 1. The summed E-state index contributed by atoms with van der Waals surface area (Å²) in [7, 11) is 1.63. The second kappa shape index (κ2) is 26.2. The molecule has 1 atom stereocenters. The van der Waals surface area contributed by atoms with Crippen molar-refractivity contribution in [2.75, 3.05) is 106 Å². The largest absolute Gasteiger partial charge is 0.480 e. The van der Waals surface area contributed by atoms with Crippen LogP contribution in [0.15, 0.2) is 48.5 Å². The Morgan fingerprint density at radius 3 is 1.63 bits per heavy atom. The van der Waals surface area contributed by atoms with E-state index in [2.05, 4.69) is 10.6 Å². The SMILES string of the molecule is COCCOCCOCCOCCOCCOCCOCCC(=O)NCCCC[C@H](NC(=O)OCC1c2ccccc2-c2ccccc21)C(=O)O. The maximum atomic E-state index is 12.5. The number of nitrogens with one attached hydrogen (secondary N) is 2. The fourth-order valence-corrected chi connectivity index (χ4v) is 5.34. The maximum absolute atomic E-state index is 12.5. The third kappa shape index (κ3) is 17.0. The summed E-state index contributed by atoms with van der Waals surface area (Å²) in [6.07, 6.45) is 0.696. The van der Waals surface area contributed by atoms with Crippen LogP contribution in [0.2, 0.25) is 0 Å². The minimum Gasteiger partial charge on any atom is -0.480 e. The number of ether oxygens (including phenoxy) is 8. The zero-order chi connectivity index (χ0) is 36.4. The minimum atomic E-state index is -1.14. The first-order chi connectivity index (χ1) is 25.0. The number of methoxy groups -OCH3 is 1. The van der Waals surface area contributed by atoms with Gasteiger partial charge in [0.05, 0.1) is 85.9 Å². The summed E-state index contributed by atoms with van der Waals surface area (Å²) in [4.78, 5) is 36.4. The highest BCUT2D eigenvalue weighted by Gasteiger charge is 2.29. The Hall–Kier alpha value is -3.63. The molecule has 2 aromatic rings. The molecule has 0 spiro atoms. The molecular weight excluding hydrogens is 664 g/mol. The molecule has 0 saturated heterocycles. The quantitative estimate of drug-likeness (QED) is 0.101. The van der Waals surface area contributed by atoms with Gasteiger partial charge in [-0.3, -0.25) is 4.79 Å². The molecule has 14 heteroatoms. The van der Waals surface area contributed by atoms with E-state index < -0.39 is 18.1 Å². The highest BCUT2D eigenvalue weighted by atomic mass is 16.6. The van der Waals surface area contributed by atoms with E-state index in [9.17, 15) is 19.5 Å². The van der Waals surface area contributed by atoms with E-state index in [0.717, 1.165) is 22.3 Å². The van der Waals surface area contributed by atoms with Gasteiger partial charge in [-0.25, -0.2) is 9.59 Å². The summed E-state index contributed by atoms with van der Waals surface area (Å²) < 4.78 is 42.8. The van der Waals surface area contributed by atoms with Crippen LogP contribution in [0.3, 0.4) is 0 Å². The molecule has 2 aromatic carbocycles. The highest BCUT2D eigenvalue weighted by molar-refractivity contribution is 5.81. The molecule has 0 saturated carbocycles. The summed E-state index contributed by atoms with van der Waals surface area (Å²) in [5.74, 6) is -1.41. The normalized spacial score (nSPS) is 12.6. The summed E-state index contributed by atoms with van der Waals surface area (Å²) in [6, 6.07) is 14.9.